The van der Waals surface area contributed by atoms with Crippen molar-refractivity contribution < 1.29 is 9.90 Å². The molecule has 2 bridgehead atoms. The third-order valence-electron chi connectivity index (χ3n) is 9.40. The molecule has 2 aliphatic rings. The number of aromatic nitrogens is 2. The Balaban J connectivity index is 0.000000196. The molecule has 2 aromatic heterocycles. The van der Waals surface area contributed by atoms with Crippen LogP contribution in [0.3, 0.4) is 0 Å². The summed E-state index contributed by atoms with van der Waals surface area (Å²) < 4.78 is 4.30. The molecule has 0 radical (unpaired) electrons. The fourth-order valence-electron chi connectivity index (χ4n) is 7.03. The first-order valence-corrected chi connectivity index (χ1v) is 14.9. The van der Waals surface area contributed by atoms with Gasteiger partial charge < -0.3 is 14.2 Å². The summed E-state index contributed by atoms with van der Waals surface area (Å²) in [6.07, 6.45) is 2.57. The highest BCUT2D eigenvalue weighted by Crippen LogP contribution is 2.38. The van der Waals surface area contributed by atoms with Gasteiger partial charge in [-0.15, -0.1) is 0 Å². The Morgan fingerprint density at radius 2 is 1.37 bits per heavy atom. The van der Waals surface area contributed by atoms with E-state index in [-0.39, 0.29) is 17.9 Å². The lowest BCUT2D eigenvalue weighted by Crippen LogP contribution is -2.36. The second-order valence-corrected chi connectivity index (χ2v) is 11.9. The average Bonchev–Trinajstić information content (AvgIpc) is 3.67. The van der Waals surface area contributed by atoms with Gasteiger partial charge in [-0.2, -0.15) is 10.5 Å². The molecular weight excluding hydrogens is 534 g/mol. The van der Waals surface area contributed by atoms with Gasteiger partial charge in [0, 0.05) is 51.8 Å². The van der Waals surface area contributed by atoms with E-state index in [0.29, 0.717) is 23.7 Å². The van der Waals surface area contributed by atoms with E-state index in [9.17, 15) is 9.90 Å². The van der Waals surface area contributed by atoms with Gasteiger partial charge in [0.2, 0.25) is 0 Å². The summed E-state index contributed by atoms with van der Waals surface area (Å²) in [7, 11) is 0. The number of carbonyl (C=O) groups is 1. The predicted molar refractivity (Wildman–Crippen MR) is 168 cm³/mol. The van der Waals surface area contributed by atoms with Crippen LogP contribution in [0, 0.1) is 64.2 Å². The standard InChI is InChI=1S/C22H25N3O2.C14H14N2/c1-13-14(2)25(17-6-4-16(11-23)5-7-17)15(3)22(13)21(27)12-24-18-8-9-19(24)20(26)10-18;1-10-8-11(2)16(12(10)3)14-6-4-13(9-15)5-7-14/h4-7,18-20,26H,8-10,12H2,1-3H3;4-8H,1-3H3/t18?,19?,20-;/m0./s1. The van der Waals surface area contributed by atoms with E-state index in [1.54, 1.807) is 12.1 Å². The van der Waals surface area contributed by atoms with Gasteiger partial charge in [0.05, 0.1) is 35.9 Å². The maximum absolute atomic E-state index is 13.2. The number of aliphatic hydroxyl groups excluding tert-OH is 1. The summed E-state index contributed by atoms with van der Waals surface area (Å²) in [5.74, 6) is 0.131. The minimum Gasteiger partial charge on any atom is -0.391 e. The molecule has 7 heteroatoms. The minimum absolute atomic E-state index is 0.131. The number of aliphatic hydroxyl groups is 1. The number of fused-ring (bicyclic) bond motifs is 2. The van der Waals surface area contributed by atoms with E-state index in [2.05, 4.69) is 53.0 Å². The number of aryl methyl sites for hydroxylation is 2. The van der Waals surface area contributed by atoms with Crippen molar-refractivity contribution in [3.8, 4) is 23.5 Å². The van der Waals surface area contributed by atoms with E-state index >= 15 is 0 Å². The Bertz CT molecular complexity index is 1750. The fourth-order valence-corrected chi connectivity index (χ4v) is 7.03. The molecule has 4 aromatic rings. The summed E-state index contributed by atoms with van der Waals surface area (Å²) in [6, 6.07) is 22.0. The normalized spacial score (nSPS) is 19.0. The molecule has 0 saturated carbocycles. The number of carbonyl (C=O) groups excluding carboxylic acids is 1. The van der Waals surface area contributed by atoms with Crippen LogP contribution in [0.2, 0.25) is 0 Å². The van der Waals surface area contributed by atoms with Crippen LogP contribution in [0.5, 0.6) is 0 Å². The highest BCUT2D eigenvalue weighted by Gasteiger charge is 2.46. The Morgan fingerprint density at radius 1 is 0.814 bits per heavy atom. The topological polar surface area (TPSA) is 98.0 Å². The minimum atomic E-state index is -0.288. The van der Waals surface area contributed by atoms with Crippen LogP contribution in [0.4, 0.5) is 0 Å². The molecule has 0 amide bonds. The second-order valence-electron chi connectivity index (χ2n) is 11.9. The summed E-state index contributed by atoms with van der Waals surface area (Å²) >= 11 is 0. The highest BCUT2D eigenvalue weighted by atomic mass is 16.3. The van der Waals surface area contributed by atoms with Crippen LogP contribution in [0.1, 0.15) is 74.6 Å². The lowest BCUT2D eigenvalue weighted by Gasteiger charge is -2.21. The number of rotatable bonds is 5. The van der Waals surface area contributed by atoms with Gasteiger partial charge in [-0.05, 0) is 127 Å². The lowest BCUT2D eigenvalue weighted by molar-refractivity contribution is 0.0872. The fraction of sp³-hybridized carbons (Fsp3) is 0.361. The van der Waals surface area contributed by atoms with Crippen LogP contribution in [-0.4, -0.2) is 49.7 Å². The van der Waals surface area contributed by atoms with E-state index in [0.717, 1.165) is 53.2 Å². The molecule has 220 valence electrons. The van der Waals surface area contributed by atoms with E-state index in [1.165, 1.54) is 17.0 Å². The summed E-state index contributed by atoms with van der Waals surface area (Å²) in [5.41, 5.74) is 10.9. The third-order valence-corrected chi connectivity index (χ3v) is 9.40. The van der Waals surface area contributed by atoms with Gasteiger partial charge >= 0.3 is 0 Å². The molecule has 6 rings (SSSR count). The molecule has 2 saturated heterocycles. The molecule has 1 N–H and O–H groups in total. The lowest BCUT2D eigenvalue weighted by atomic mass is 9.98. The summed E-state index contributed by atoms with van der Waals surface area (Å²) in [5, 5.41) is 27.9. The van der Waals surface area contributed by atoms with Crippen molar-refractivity contribution in [3.05, 3.63) is 105 Å². The van der Waals surface area contributed by atoms with Crippen molar-refractivity contribution >= 4 is 5.78 Å². The van der Waals surface area contributed by atoms with Gasteiger partial charge in [-0.25, -0.2) is 0 Å². The molecule has 43 heavy (non-hydrogen) atoms. The van der Waals surface area contributed by atoms with Crippen molar-refractivity contribution in [2.75, 3.05) is 6.54 Å². The molecule has 2 unspecified atom stereocenters. The Hall–Kier alpha value is -4.43. The Kier molecular flexibility index (Phi) is 8.42. The van der Waals surface area contributed by atoms with Crippen molar-refractivity contribution in [2.24, 2.45) is 0 Å². The first-order chi connectivity index (χ1) is 20.5. The highest BCUT2D eigenvalue weighted by molar-refractivity contribution is 6.00. The maximum atomic E-state index is 13.2. The Labute approximate surface area is 254 Å². The van der Waals surface area contributed by atoms with Gasteiger partial charge in [0.25, 0.3) is 0 Å². The van der Waals surface area contributed by atoms with Crippen molar-refractivity contribution in [1.82, 2.24) is 14.0 Å². The van der Waals surface area contributed by atoms with Crippen LogP contribution in [0.25, 0.3) is 11.4 Å². The molecule has 3 atom stereocenters. The zero-order valence-corrected chi connectivity index (χ0v) is 25.8. The van der Waals surface area contributed by atoms with Gasteiger partial charge in [-0.3, -0.25) is 9.69 Å². The van der Waals surface area contributed by atoms with Crippen molar-refractivity contribution in [1.29, 1.82) is 10.5 Å². The number of hydrogen-bond acceptors (Lipinski definition) is 5. The van der Waals surface area contributed by atoms with Crippen LogP contribution in [0.15, 0.2) is 54.6 Å². The molecule has 2 aliphatic heterocycles. The van der Waals surface area contributed by atoms with E-state index in [1.807, 2.05) is 57.2 Å². The van der Waals surface area contributed by atoms with Gasteiger partial charge in [-0.1, -0.05) is 0 Å². The number of ketones is 1. The predicted octanol–water partition coefficient (Wildman–Crippen LogP) is 6.33. The number of hydrogen-bond donors (Lipinski definition) is 1. The molecular formula is C36H39N5O2. The summed E-state index contributed by atoms with van der Waals surface area (Å²) in [4.78, 5) is 15.4. The molecule has 0 aliphatic carbocycles. The molecule has 2 aromatic carbocycles. The number of benzene rings is 2. The maximum Gasteiger partial charge on any atom is 0.178 e. The van der Waals surface area contributed by atoms with E-state index < -0.39 is 0 Å². The first kappa shape index (κ1) is 30.0. The summed E-state index contributed by atoms with van der Waals surface area (Å²) in [6.45, 7) is 12.7. The third kappa shape index (κ3) is 5.55. The largest absolute Gasteiger partial charge is 0.391 e. The van der Waals surface area contributed by atoms with Crippen molar-refractivity contribution in [2.45, 2.75) is 79.0 Å². The Morgan fingerprint density at radius 3 is 1.81 bits per heavy atom. The van der Waals surface area contributed by atoms with Crippen LogP contribution < -0.4 is 0 Å². The van der Waals surface area contributed by atoms with Crippen LogP contribution in [-0.2, 0) is 0 Å². The van der Waals surface area contributed by atoms with Gasteiger partial charge in [0.15, 0.2) is 5.78 Å². The zero-order valence-electron chi connectivity index (χ0n) is 25.8. The second kappa shape index (κ2) is 12.1. The quantitative estimate of drug-likeness (QED) is 0.282. The van der Waals surface area contributed by atoms with E-state index in [4.69, 9.17) is 10.5 Å². The number of Topliss-reactive ketones (excluding diaryl/α,β-unsaturated/α-hetero) is 1. The van der Waals surface area contributed by atoms with Gasteiger partial charge in [0.1, 0.15) is 0 Å². The average molecular weight is 574 g/mol. The molecule has 2 fully saturated rings. The smallest absolute Gasteiger partial charge is 0.178 e. The zero-order chi connectivity index (χ0) is 31.0. The number of nitriles is 2. The molecule has 0 spiro atoms. The SMILES string of the molecule is Cc1c(C(=O)CN2C3CCC2[C@@H](O)C3)c(C)n(-c2ccc(C#N)cc2)c1C.Cc1cc(C)n(-c2ccc(C#N)cc2)c1C. The van der Waals surface area contributed by atoms with Crippen molar-refractivity contribution in [3.63, 3.8) is 0 Å². The molecule has 7 nitrogen and oxygen atoms in total. The monoisotopic (exact) mass is 573 g/mol. The number of nitrogens with zero attached hydrogens (tertiary/aromatic N) is 5. The molecule has 4 heterocycles. The first-order valence-electron chi connectivity index (χ1n) is 14.9. The van der Waals surface area contributed by atoms with Crippen LogP contribution >= 0.6 is 0 Å².